The number of benzene rings is 3. The monoisotopic (exact) mass is 511 g/mol. The van der Waals surface area contributed by atoms with Gasteiger partial charge in [0.1, 0.15) is 6.61 Å². The summed E-state index contributed by atoms with van der Waals surface area (Å²) in [7, 11) is -2.31. The number of nitrogens with zero attached hydrogens (tertiary/aromatic N) is 2. The first kappa shape index (κ1) is 24.5. The lowest BCUT2D eigenvalue weighted by Gasteiger charge is -2.15. The van der Waals surface area contributed by atoms with Crippen LogP contribution in [-0.4, -0.2) is 27.1 Å². The smallest absolute Gasteiger partial charge is 0.280 e. The highest BCUT2D eigenvalue weighted by Crippen LogP contribution is 2.35. The molecule has 3 aromatic carbocycles. The molecule has 180 valence electrons. The molecule has 10 heteroatoms. The van der Waals surface area contributed by atoms with E-state index in [9.17, 15) is 13.2 Å². The van der Waals surface area contributed by atoms with Gasteiger partial charge in [0.25, 0.3) is 5.91 Å². The minimum absolute atomic E-state index is 0.0546. The number of sulfonamides is 1. The first-order valence-electron chi connectivity index (χ1n) is 10.5. The predicted molar refractivity (Wildman–Crippen MR) is 135 cm³/mol. The van der Waals surface area contributed by atoms with E-state index in [1.165, 1.54) is 36.4 Å². The lowest BCUT2D eigenvalue weighted by Crippen LogP contribution is -2.21. The number of ether oxygens (including phenoxy) is 2. The maximum Gasteiger partial charge on any atom is 0.280 e. The molecule has 0 radical (unpaired) electrons. The topological polar surface area (TPSA) is 111 Å². The van der Waals surface area contributed by atoms with Gasteiger partial charge in [-0.05, 0) is 49.4 Å². The number of hydrogen-bond donors (Lipinski definition) is 1. The molecular weight excluding hydrogens is 490 g/mol. The van der Waals surface area contributed by atoms with Crippen LogP contribution in [0.2, 0.25) is 5.02 Å². The first-order chi connectivity index (χ1) is 16.7. The summed E-state index contributed by atoms with van der Waals surface area (Å²) in [4.78, 5) is 13.1. The Hall–Kier alpha value is -3.66. The number of halogens is 1. The number of para-hydroxylation sites is 1. The van der Waals surface area contributed by atoms with E-state index in [2.05, 4.69) is 5.10 Å². The number of methoxy groups -OCH3 is 1. The highest BCUT2D eigenvalue weighted by Gasteiger charge is 2.29. The van der Waals surface area contributed by atoms with Gasteiger partial charge in [0.15, 0.2) is 11.5 Å². The van der Waals surface area contributed by atoms with Crippen molar-refractivity contribution in [2.24, 2.45) is 10.2 Å². The van der Waals surface area contributed by atoms with Crippen LogP contribution < -0.4 is 19.6 Å². The summed E-state index contributed by atoms with van der Waals surface area (Å²) < 4.78 is 34.6. The van der Waals surface area contributed by atoms with Crippen LogP contribution in [0.1, 0.15) is 18.1 Å². The van der Waals surface area contributed by atoms with Crippen LogP contribution in [0.5, 0.6) is 11.5 Å². The Labute approximate surface area is 208 Å². The third-order valence-electron chi connectivity index (χ3n) is 5.33. The zero-order valence-corrected chi connectivity index (χ0v) is 20.5. The molecule has 0 aliphatic carbocycles. The van der Waals surface area contributed by atoms with Crippen molar-refractivity contribution in [3.63, 3.8) is 0 Å². The number of nitrogens with two attached hydrogens (primary N) is 1. The van der Waals surface area contributed by atoms with E-state index in [1.807, 2.05) is 24.3 Å². The van der Waals surface area contributed by atoms with Gasteiger partial charge in [0.2, 0.25) is 10.0 Å². The van der Waals surface area contributed by atoms with Crippen LogP contribution in [0.4, 0.5) is 5.69 Å². The third kappa shape index (κ3) is 5.22. The highest BCUT2D eigenvalue weighted by molar-refractivity contribution is 7.89. The quantitative estimate of drug-likeness (QED) is 0.473. The molecule has 1 aliphatic rings. The van der Waals surface area contributed by atoms with E-state index in [4.69, 9.17) is 26.2 Å². The molecule has 0 fully saturated rings. The number of carbonyl (C=O) groups excluding carboxylic acids is 1. The van der Waals surface area contributed by atoms with Crippen molar-refractivity contribution in [2.45, 2.75) is 18.4 Å². The van der Waals surface area contributed by atoms with Gasteiger partial charge in [-0.1, -0.05) is 41.9 Å². The number of carbonyl (C=O) groups is 1. The molecule has 2 N–H and O–H groups in total. The molecule has 1 amide bonds. The largest absolute Gasteiger partial charge is 0.493 e. The van der Waals surface area contributed by atoms with Crippen molar-refractivity contribution in [1.82, 2.24) is 0 Å². The number of amides is 1. The molecule has 4 rings (SSSR count). The lowest BCUT2D eigenvalue weighted by atomic mass is 10.1. The van der Waals surface area contributed by atoms with Gasteiger partial charge in [-0.25, -0.2) is 13.6 Å². The average Bonchev–Trinajstić information content (AvgIpc) is 3.11. The maximum atomic E-state index is 13.2. The Kier molecular flexibility index (Phi) is 6.93. The van der Waals surface area contributed by atoms with Crippen LogP contribution in [0, 0.1) is 0 Å². The average molecular weight is 512 g/mol. The summed E-state index contributed by atoms with van der Waals surface area (Å²) in [5.41, 5.74) is 2.69. The highest BCUT2D eigenvalue weighted by atomic mass is 35.5. The molecule has 8 nitrogen and oxygen atoms in total. The van der Waals surface area contributed by atoms with Gasteiger partial charge < -0.3 is 9.47 Å². The van der Waals surface area contributed by atoms with E-state index >= 15 is 0 Å². The summed E-state index contributed by atoms with van der Waals surface area (Å²) in [5, 5.41) is 11.3. The second-order valence-corrected chi connectivity index (χ2v) is 9.63. The maximum absolute atomic E-state index is 13.2. The fourth-order valence-electron chi connectivity index (χ4n) is 3.52. The number of anilines is 1. The Morgan fingerprint density at radius 1 is 1.06 bits per heavy atom. The molecule has 0 atom stereocenters. The van der Waals surface area contributed by atoms with Crippen LogP contribution in [0.15, 0.2) is 82.3 Å². The van der Waals surface area contributed by atoms with Crippen LogP contribution in [0.25, 0.3) is 6.08 Å². The minimum Gasteiger partial charge on any atom is -0.493 e. The van der Waals surface area contributed by atoms with Gasteiger partial charge in [-0.2, -0.15) is 10.1 Å². The zero-order chi connectivity index (χ0) is 25.2. The number of rotatable bonds is 7. The van der Waals surface area contributed by atoms with Gasteiger partial charge in [-0.15, -0.1) is 0 Å². The number of primary sulfonamides is 1. The van der Waals surface area contributed by atoms with E-state index < -0.39 is 10.0 Å². The number of hydrazone groups is 1. The molecule has 0 aromatic heterocycles. The molecule has 1 heterocycles. The Morgan fingerprint density at radius 3 is 2.43 bits per heavy atom. The zero-order valence-electron chi connectivity index (χ0n) is 18.9. The first-order valence-corrected chi connectivity index (χ1v) is 12.4. The van der Waals surface area contributed by atoms with Gasteiger partial charge in [-0.3, -0.25) is 4.79 Å². The fourth-order valence-corrected chi connectivity index (χ4v) is 4.22. The molecule has 0 saturated carbocycles. The van der Waals surface area contributed by atoms with E-state index in [0.29, 0.717) is 39.1 Å². The van der Waals surface area contributed by atoms with Gasteiger partial charge in [0, 0.05) is 16.1 Å². The molecule has 0 unspecified atom stereocenters. The summed E-state index contributed by atoms with van der Waals surface area (Å²) in [6.07, 6.45) is 1.68. The Balaban J connectivity index is 1.65. The van der Waals surface area contributed by atoms with E-state index in [0.717, 1.165) is 5.56 Å². The Bertz CT molecular complexity index is 1450. The van der Waals surface area contributed by atoms with Crippen molar-refractivity contribution in [3.05, 3.63) is 88.5 Å². The predicted octanol–water partition coefficient (Wildman–Crippen LogP) is 4.38. The molecular formula is C25H22ClN3O5S. The summed E-state index contributed by atoms with van der Waals surface area (Å²) in [6, 6.07) is 18.3. The van der Waals surface area contributed by atoms with Gasteiger partial charge >= 0.3 is 0 Å². The van der Waals surface area contributed by atoms with E-state index in [-0.39, 0.29) is 17.4 Å². The van der Waals surface area contributed by atoms with Crippen molar-refractivity contribution < 1.29 is 22.7 Å². The lowest BCUT2D eigenvalue weighted by molar-refractivity contribution is -0.114. The van der Waals surface area contributed by atoms with Crippen LogP contribution in [0.3, 0.4) is 0 Å². The molecule has 3 aromatic rings. The SMILES string of the molecule is COc1cccc(/C=C2\C(=O)N(c3ccc(S(N)(=O)=O)cc3)N=C2C)c1OCc1ccccc1Cl. The van der Waals surface area contributed by atoms with E-state index in [1.54, 1.807) is 31.2 Å². The fraction of sp³-hybridized carbons (Fsp3) is 0.120. The number of hydrogen-bond acceptors (Lipinski definition) is 6. The molecule has 0 spiro atoms. The molecule has 0 saturated heterocycles. The van der Waals surface area contributed by atoms with Crippen molar-refractivity contribution in [3.8, 4) is 11.5 Å². The summed E-state index contributed by atoms with van der Waals surface area (Å²) in [6.45, 7) is 1.92. The molecule has 1 aliphatic heterocycles. The van der Waals surface area contributed by atoms with Crippen LogP contribution in [-0.2, 0) is 21.4 Å². The minimum atomic E-state index is -3.84. The normalized spacial score (nSPS) is 14.9. The second-order valence-electron chi connectivity index (χ2n) is 7.66. The summed E-state index contributed by atoms with van der Waals surface area (Å²) in [5.74, 6) is 0.589. The standard InChI is InChI=1S/C25H22ClN3O5S/c1-16-21(25(30)29(28-16)19-10-12-20(13-11-19)35(27,31)32)14-17-7-5-9-23(33-2)24(17)34-15-18-6-3-4-8-22(18)26/h3-14H,15H2,1-2H3,(H2,27,31,32)/b21-14-. The molecule has 0 bridgehead atoms. The summed E-state index contributed by atoms with van der Waals surface area (Å²) >= 11 is 6.26. The van der Waals surface area contributed by atoms with Crippen molar-refractivity contribution in [1.29, 1.82) is 0 Å². The van der Waals surface area contributed by atoms with Crippen molar-refractivity contribution in [2.75, 3.05) is 12.1 Å². The second kappa shape index (κ2) is 9.91. The third-order valence-corrected chi connectivity index (χ3v) is 6.63. The van der Waals surface area contributed by atoms with Crippen LogP contribution >= 0.6 is 11.6 Å². The van der Waals surface area contributed by atoms with Gasteiger partial charge in [0.05, 0.1) is 29.0 Å². The van der Waals surface area contributed by atoms with Crippen molar-refractivity contribution >= 4 is 45.0 Å². The Morgan fingerprint density at radius 2 is 1.77 bits per heavy atom. The molecule has 35 heavy (non-hydrogen) atoms.